The first kappa shape index (κ1) is 10.5. The molecule has 0 atom stereocenters. The van der Waals surface area contributed by atoms with Gasteiger partial charge in [0.15, 0.2) is 0 Å². The van der Waals surface area contributed by atoms with Crippen molar-refractivity contribution < 1.29 is 4.79 Å². The molecule has 1 rings (SSSR count). The number of hydrogen-bond donors (Lipinski definition) is 3. The predicted molar refractivity (Wildman–Crippen MR) is 57.1 cm³/mol. The van der Waals surface area contributed by atoms with Gasteiger partial charge in [0, 0.05) is 17.8 Å². The number of nitrogens with two attached hydrogens (primary N) is 2. The molecule has 0 bridgehead atoms. The Morgan fingerprint density at radius 1 is 1.43 bits per heavy atom. The average molecular weight is 193 g/mol. The second-order valence-corrected chi connectivity index (χ2v) is 3.01. The van der Waals surface area contributed by atoms with E-state index in [-0.39, 0.29) is 0 Å². The van der Waals surface area contributed by atoms with E-state index in [1.807, 2.05) is 6.07 Å². The number of amides is 1. The van der Waals surface area contributed by atoms with E-state index >= 15 is 0 Å². The van der Waals surface area contributed by atoms with Crippen molar-refractivity contribution in [2.75, 3.05) is 18.4 Å². The summed E-state index contributed by atoms with van der Waals surface area (Å²) in [6.45, 7) is 1.46. The minimum absolute atomic E-state index is 0.410. The number of carbonyl (C=O) groups is 1. The van der Waals surface area contributed by atoms with Crippen LogP contribution in [0.4, 0.5) is 5.69 Å². The third-order valence-corrected chi connectivity index (χ3v) is 1.86. The molecule has 1 aromatic carbocycles. The molecular weight excluding hydrogens is 178 g/mol. The topological polar surface area (TPSA) is 81.1 Å². The Morgan fingerprint density at radius 3 is 2.86 bits per heavy atom. The Bertz CT molecular complexity index is 312. The third kappa shape index (κ3) is 3.06. The van der Waals surface area contributed by atoms with Crippen molar-refractivity contribution >= 4 is 11.6 Å². The first-order valence-corrected chi connectivity index (χ1v) is 4.58. The van der Waals surface area contributed by atoms with E-state index in [1.165, 1.54) is 0 Å². The molecule has 0 heterocycles. The van der Waals surface area contributed by atoms with Crippen LogP contribution >= 0.6 is 0 Å². The largest absolute Gasteiger partial charge is 0.385 e. The van der Waals surface area contributed by atoms with Gasteiger partial charge in [0.1, 0.15) is 0 Å². The summed E-state index contributed by atoms with van der Waals surface area (Å²) in [5.41, 5.74) is 11.9. The lowest BCUT2D eigenvalue weighted by molar-refractivity contribution is 0.100. The molecule has 14 heavy (non-hydrogen) atoms. The lowest BCUT2D eigenvalue weighted by Gasteiger charge is -2.05. The fourth-order valence-corrected chi connectivity index (χ4v) is 1.12. The number of carbonyl (C=O) groups excluding carboxylic acids is 1. The predicted octanol–water partition coefficient (Wildman–Crippen LogP) is 0.546. The highest BCUT2D eigenvalue weighted by Crippen LogP contribution is 2.09. The summed E-state index contributed by atoms with van der Waals surface area (Å²) in [6, 6.07) is 7.11. The van der Waals surface area contributed by atoms with Crippen LogP contribution in [0, 0.1) is 0 Å². The molecule has 1 amide bonds. The van der Waals surface area contributed by atoms with E-state index in [0.717, 1.165) is 18.7 Å². The van der Waals surface area contributed by atoms with Gasteiger partial charge in [-0.25, -0.2) is 0 Å². The first-order chi connectivity index (χ1) is 6.74. The van der Waals surface area contributed by atoms with E-state index in [4.69, 9.17) is 11.5 Å². The van der Waals surface area contributed by atoms with Gasteiger partial charge in [-0.1, -0.05) is 6.07 Å². The standard InChI is InChI=1S/C10H15N3O/c11-5-2-6-13-9-4-1-3-8(7-9)10(12)14/h1,3-4,7,13H,2,5-6,11H2,(H2,12,14). The van der Waals surface area contributed by atoms with Gasteiger partial charge in [0.05, 0.1) is 0 Å². The summed E-state index contributed by atoms with van der Waals surface area (Å²) in [5, 5.41) is 3.15. The number of primary amides is 1. The number of anilines is 1. The molecule has 0 spiro atoms. The molecule has 0 aromatic heterocycles. The SMILES string of the molecule is NCCCNc1cccc(C(N)=O)c1. The van der Waals surface area contributed by atoms with Crippen LogP contribution in [-0.4, -0.2) is 19.0 Å². The number of benzene rings is 1. The van der Waals surface area contributed by atoms with Gasteiger partial charge in [-0.05, 0) is 31.2 Å². The van der Waals surface area contributed by atoms with E-state index < -0.39 is 5.91 Å². The second kappa shape index (κ2) is 5.24. The smallest absolute Gasteiger partial charge is 0.248 e. The Labute approximate surface area is 83.3 Å². The van der Waals surface area contributed by atoms with Crippen LogP contribution in [0.1, 0.15) is 16.8 Å². The summed E-state index contributed by atoms with van der Waals surface area (Å²) < 4.78 is 0. The molecule has 1 aromatic rings. The lowest BCUT2D eigenvalue weighted by Crippen LogP contribution is -2.12. The fourth-order valence-electron chi connectivity index (χ4n) is 1.12. The molecule has 0 unspecified atom stereocenters. The molecule has 76 valence electrons. The molecule has 4 nitrogen and oxygen atoms in total. The fraction of sp³-hybridized carbons (Fsp3) is 0.300. The van der Waals surface area contributed by atoms with Gasteiger partial charge in [-0.3, -0.25) is 4.79 Å². The summed E-state index contributed by atoms with van der Waals surface area (Å²) in [6.07, 6.45) is 0.904. The molecule has 5 N–H and O–H groups in total. The van der Waals surface area contributed by atoms with Crippen molar-refractivity contribution in [1.82, 2.24) is 0 Å². The number of rotatable bonds is 5. The Balaban J connectivity index is 2.59. The minimum atomic E-state index is -0.410. The summed E-state index contributed by atoms with van der Waals surface area (Å²) >= 11 is 0. The zero-order chi connectivity index (χ0) is 10.4. The zero-order valence-corrected chi connectivity index (χ0v) is 7.99. The molecule has 0 fully saturated rings. The zero-order valence-electron chi connectivity index (χ0n) is 7.99. The Morgan fingerprint density at radius 2 is 2.21 bits per heavy atom. The summed E-state index contributed by atoms with van der Waals surface area (Å²) in [5.74, 6) is -0.410. The Kier molecular flexibility index (Phi) is 3.94. The second-order valence-electron chi connectivity index (χ2n) is 3.01. The van der Waals surface area contributed by atoms with Crippen molar-refractivity contribution in [2.45, 2.75) is 6.42 Å². The van der Waals surface area contributed by atoms with Crippen LogP contribution in [0.25, 0.3) is 0 Å². The maximum absolute atomic E-state index is 10.9. The molecule has 0 aliphatic rings. The van der Waals surface area contributed by atoms with Gasteiger partial charge in [0.2, 0.25) is 5.91 Å². The number of nitrogens with one attached hydrogen (secondary N) is 1. The Hall–Kier alpha value is -1.55. The molecule has 0 radical (unpaired) electrons. The van der Waals surface area contributed by atoms with Crippen molar-refractivity contribution in [3.8, 4) is 0 Å². The molecule has 0 aliphatic heterocycles. The van der Waals surface area contributed by atoms with Crippen molar-refractivity contribution in [3.63, 3.8) is 0 Å². The maximum atomic E-state index is 10.9. The van der Waals surface area contributed by atoms with Crippen LogP contribution in [-0.2, 0) is 0 Å². The van der Waals surface area contributed by atoms with E-state index in [9.17, 15) is 4.79 Å². The number of hydrogen-bond acceptors (Lipinski definition) is 3. The highest BCUT2D eigenvalue weighted by molar-refractivity contribution is 5.93. The molecule has 0 aliphatic carbocycles. The van der Waals surface area contributed by atoms with Crippen LogP contribution in [0.15, 0.2) is 24.3 Å². The third-order valence-electron chi connectivity index (χ3n) is 1.86. The van der Waals surface area contributed by atoms with Crippen LogP contribution < -0.4 is 16.8 Å². The quantitative estimate of drug-likeness (QED) is 0.597. The van der Waals surface area contributed by atoms with Crippen LogP contribution in [0.2, 0.25) is 0 Å². The van der Waals surface area contributed by atoms with Crippen molar-refractivity contribution in [3.05, 3.63) is 29.8 Å². The van der Waals surface area contributed by atoms with Gasteiger partial charge < -0.3 is 16.8 Å². The highest BCUT2D eigenvalue weighted by Gasteiger charge is 1.99. The average Bonchev–Trinajstić information content (AvgIpc) is 2.19. The summed E-state index contributed by atoms with van der Waals surface area (Å²) in [7, 11) is 0. The molecule has 0 saturated heterocycles. The van der Waals surface area contributed by atoms with E-state index in [2.05, 4.69) is 5.32 Å². The van der Waals surface area contributed by atoms with Gasteiger partial charge >= 0.3 is 0 Å². The maximum Gasteiger partial charge on any atom is 0.248 e. The first-order valence-electron chi connectivity index (χ1n) is 4.58. The van der Waals surface area contributed by atoms with Gasteiger partial charge in [0.25, 0.3) is 0 Å². The molecule has 4 heteroatoms. The van der Waals surface area contributed by atoms with E-state index in [1.54, 1.807) is 18.2 Å². The lowest BCUT2D eigenvalue weighted by atomic mass is 10.2. The highest BCUT2D eigenvalue weighted by atomic mass is 16.1. The van der Waals surface area contributed by atoms with Gasteiger partial charge in [-0.2, -0.15) is 0 Å². The van der Waals surface area contributed by atoms with Crippen LogP contribution in [0.3, 0.4) is 0 Å². The van der Waals surface area contributed by atoms with E-state index in [0.29, 0.717) is 12.1 Å². The van der Waals surface area contributed by atoms with Crippen molar-refractivity contribution in [2.24, 2.45) is 11.5 Å². The summed E-state index contributed by atoms with van der Waals surface area (Å²) in [4.78, 5) is 10.9. The molecular formula is C10H15N3O. The van der Waals surface area contributed by atoms with Gasteiger partial charge in [-0.15, -0.1) is 0 Å². The van der Waals surface area contributed by atoms with Crippen molar-refractivity contribution in [1.29, 1.82) is 0 Å². The normalized spacial score (nSPS) is 9.79. The van der Waals surface area contributed by atoms with Crippen LogP contribution in [0.5, 0.6) is 0 Å². The minimum Gasteiger partial charge on any atom is -0.385 e. The monoisotopic (exact) mass is 193 g/mol. The molecule has 0 saturated carbocycles.